The summed E-state index contributed by atoms with van der Waals surface area (Å²) < 4.78 is 5.63. The predicted molar refractivity (Wildman–Crippen MR) is 89.0 cm³/mol. The summed E-state index contributed by atoms with van der Waals surface area (Å²) in [4.78, 5) is 18.8. The van der Waals surface area contributed by atoms with Crippen molar-refractivity contribution in [1.29, 1.82) is 0 Å². The Morgan fingerprint density at radius 3 is 2.87 bits per heavy atom. The Bertz CT molecular complexity index is 660. The molecule has 0 spiro atoms. The van der Waals surface area contributed by atoms with Gasteiger partial charge >= 0.3 is 0 Å². The van der Waals surface area contributed by atoms with E-state index in [-0.39, 0.29) is 12.0 Å². The predicted octanol–water partition coefficient (Wildman–Crippen LogP) is 1.94. The molecule has 5 heteroatoms. The molecule has 1 aromatic carbocycles. The minimum absolute atomic E-state index is 0.0146. The summed E-state index contributed by atoms with van der Waals surface area (Å²) in [5.74, 6) is -0.0146. The molecule has 1 unspecified atom stereocenters. The second kappa shape index (κ2) is 7.35. The summed E-state index contributed by atoms with van der Waals surface area (Å²) in [6.07, 6.45) is 4.14. The van der Waals surface area contributed by atoms with Crippen molar-refractivity contribution in [2.24, 2.45) is 5.73 Å². The van der Waals surface area contributed by atoms with Crippen molar-refractivity contribution >= 4 is 5.91 Å². The molecule has 0 bridgehead atoms. The highest BCUT2D eigenvalue weighted by atomic mass is 16.5. The molecule has 0 saturated carbocycles. The molecule has 1 aromatic heterocycles. The van der Waals surface area contributed by atoms with E-state index in [4.69, 9.17) is 10.5 Å². The molecule has 3 rings (SSSR count). The lowest BCUT2D eigenvalue weighted by Gasteiger charge is -2.23. The van der Waals surface area contributed by atoms with Crippen LogP contribution in [0.4, 0.5) is 0 Å². The van der Waals surface area contributed by atoms with Crippen LogP contribution in [0, 0.1) is 0 Å². The van der Waals surface area contributed by atoms with Crippen molar-refractivity contribution < 1.29 is 9.53 Å². The van der Waals surface area contributed by atoms with Crippen molar-refractivity contribution in [3.05, 3.63) is 54.4 Å². The average Bonchev–Trinajstić information content (AvgIpc) is 2.87. The van der Waals surface area contributed by atoms with E-state index in [1.807, 2.05) is 41.3 Å². The van der Waals surface area contributed by atoms with Crippen LogP contribution in [0.5, 0.6) is 0 Å². The van der Waals surface area contributed by atoms with Crippen LogP contribution in [0.2, 0.25) is 0 Å². The van der Waals surface area contributed by atoms with Gasteiger partial charge in [0.25, 0.3) is 5.91 Å². The van der Waals surface area contributed by atoms with Crippen molar-refractivity contribution in [2.45, 2.75) is 12.5 Å². The average molecular weight is 311 g/mol. The number of benzene rings is 1. The van der Waals surface area contributed by atoms with Gasteiger partial charge in [-0.15, -0.1) is 0 Å². The molecule has 1 saturated heterocycles. The molecule has 120 valence electrons. The maximum atomic E-state index is 12.8. The van der Waals surface area contributed by atoms with E-state index >= 15 is 0 Å². The lowest BCUT2D eigenvalue weighted by atomic mass is 10.1. The maximum Gasteiger partial charge on any atom is 0.255 e. The van der Waals surface area contributed by atoms with E-state index in [1.165, 1.54) is 0 Å². The summed E-state index contributed by atoms with van der Waals surface area (Å²) in [7, 11) is 0. The maximum absolute atomic E-state index is 12.8. The van der Waals surface area contributed by atoms with Crippen molar-refractivity contribution in [1.82, 2.24) is 9.88 Å². The molecule has 2 aromatic rings. The van der Waals surface area contributed by atoms with Crippen molar-refractivity contribution in [3.8, 4) is 11.1 Å². The molecule has 1 aliphatic heterocycles. The minimum Gasteiger partial charge on any atom is -0.375 e. The number of rotatable bonds is 3. The smallest absolute Gasteiger partial charge is 0.255 e. The van der Waals surface area contributed by atoms with E-state index in [0.29, 0.717) is 31.8 Å². The van der Waals surface area contributed by atoms with Gasteiger partial charge in [0.1, 0.15) is 0 Å². The highest BCUT2D eigenvalue weighted by Crippen LogP contribution is 2.20. The van der Waals surface area contributed by atoms with Gasteiger partial charge in [-0.1, -0.05) is 30.3 Å². The van der Waals surface area contributed by atoms with Gasteiger partial charge < -0.3 is 15.4 Å². The molecule has 1 atom stereocenters. The second-order valence-electron chi connectivity index (χ2n) is 5.66. The topological polar surface area (TPSA) is 68.5 Å². The first-order valence-electron chi connectivity index (χ1n) is 7.89. The van der Waals surface area contributed by atoms with Gasteiger partial charge in [0.05, 0.1) is 11.7 Å². The molecule has 1 fully saturated rings. The van der Waals surface area contributed by atoms with Gasteiger partial charge in [-0.05, 0) is 18.1 Å². The third-order valence-corrected chi connectivity index (χ3v) is 3.99. The fourth-order valence-electron chi connectivity index (χ4n) is 2.75. The molecule has 2 N–H and O–H groups in total. The van der Waals surface area contributed by atoms with Crippen LogP contribution >= 0.6 is 0 Å². The van der Waals surface area contributed by atoms with Gasteiger partial charge in [-0.3, -0.25) is 9.78 Å². The van der Waals surface area contributed by atoms with Crippen LogP contribution in [-0.2, 0) is 4.74 Å². The van der Waals surface area contributed by atoms with Crippen LogP contribution in [0.1, 0.15) is 16.8 Å². The van der Waals surface area contributed by atoms with E-state index in [0.717, 1.165) is 17.5 Å². The summed E-state index contributed by atoms with van der Waals surface area (Å²) in [6, 6.07) is 11.8. The Kier molecular flexibility index (Phi) is 5.00. The van der Waals surface area contributed by atoms with Crippen molar-refractivity contribution in [2.75, 3.05) is 26.2 Å². The zero-order valence-corrected chi connectivity index (χ0v) is 13.0. The lowest BCUT2D eigenvalue weighted by molar-refractivity contribution is 0.0520. The number of carbonyl (C=O) groups excluding carboxylic acids is 1. The zero-order chi connectivity index (χ0) is 16.1. The molecular formula is C18H21N3O2. The summed E-state index contributed by atoms with van der Waals surface area (Å²) in [6.45, 7) is 2.29. The Morgan fingerprint density at radius 1 is 1.26 bits per heavy atom. The molecule has 0 aliphatic carbocycles. The fourth-order valence-corrected chi connectivity index (χ4v) is 2.75. The fraction of sp³-hybridized carbons (Fsp3) is 0.333. The molecule has 23 heavy (non-hydrogen) atoms. The van der Waals surface area contributed by atoms with Crippen LogP contribution in [-0.4, -0.2) is 48.1 Å². The number of ether oxygens (including phenoxy) is 1. The first kappa shape index (κ1) is 15.6. The summed E-state index contributed by atoms with van der Waals surface area (Å²) in [5, 5.41) is 0. The molecule has 5 nitrogen and oxygen atoms in total. The van der Waals surface area contributed by atoms with E-state index in [9.17, 15) is 4.79 Å². The number of nitrogens with two attached hydrogens (primary N) is 1. The van der Waals surface area contributed by atoms with Crippen molar-refractivity contribution in [3.63, 3.8) is 0 Å². The number of hydrogen-bond acceptors (Lipinski definition) is 4. The van der Waals surface area contributed by atoms with E-state index in [2.05, 4.69) is 4.98 Å². The van der Waals surface area contributed by atoms with Gasteiger partial charge in [-0.25, -0.2) is 0 Å². The third kappa shape index (κ3) is 3.75. The van der Waals surface area contributed by atoms with E-state index < -0.39 is 0 Å². The second-order valence-corrected chi connectivity index (χ2v) is 5.66. The number of carbonyl (C=O) groups is 1. The highest BCUT2D eigenvalue weighted by Gasteiger charge is 2.23. The molecule has 0 radical (unpaired) electrons. The SMILES string of the molecule is NCC1CN(C(=O)c2cncc(-c3ccccc3)c2)CCCO1. The Labute approximate surface area is 136 Å². The molecule has 1 amide bonds. The van der Waals surface area contributed by atoms with Crippen LogP contribution in [0.15, 0.2) is 48.8 Å². The van der Waals surface area contributed by atoms with Crippen LogP contribution < -0.4 is 5.73 Å². The lowest BCUT2D eigenvalue weighted by Crippen LogP contribution is -2.39. The zero-order valence-electron chi connectivity index (χ0n) is 13.0. The first-order chi connectivity index (χ1) is 11.3. The number of hydrogen-bond donors (Lipinski definition) is 1. The number of nitrogens with zero attached hydrogens (tertiary/aromatic N) is 2. The molecular weight excluding hydrogens is 290 g/mol. The number of aromatic nitrogens is 1. The van der Waals surface area contributed by atoms with Crippen LogP contribution in [0.3, 0.4) is 0 Å². The normalized spacial score (nSPS) is 18.5. The summed E-state index contributed by atoms with van der Waals surface area (Å²) in [5.41, 5.74) is 8.29. The highest BCUT2D eigenvalue weighted by molar-refractivity contribution is 5.95. The standard InChI is InChI=1S/C18H21N3O2/c19-10-17-13-21(7-4-8-23-17)18(22)16-9-15(11-20-12-16)14-5-2-1-3-6-14/h1-3,5-6,9,11-12,17H,4,7-8,10,13,19H2. The first-order valence-corrected chi connectivity index (χ1v) is 7.89. The summed E-state index contributed by atoms with van der Waals surface area (Å²) >= 11 is 0. The third-order valence-electron chi connectivity index (χ3n) is 3.99. The van der Waals surface area contributed by atoms with Gasteiger partial charge in [-0.2, -0.15) is 0 Å². The van der Waals surface area contributed by atoms with E-state index in [1.54, 1.807) is 12.4 Å². The monoisotopic (exact) mass is 311 g/mol. The Hall–Kier alpha value is -2.24. The van der Waals surface area contributed by atoms with Gasteiger partial charge in [0.15, 0.2) is 0 Å². The number of amides is 1. The van der Waals surface area contributed by atoms with Crippen LogP contribution in [0.25, 0.3) is 11.1 Å². The Balaban J connectivity index is 1.82. The number of pyridine rings is 1. The Morgan fingerprint density at radius 2 is 2.09 bits per heavy atom. The van der Waals surface area contributed by atoms with Gasteiger partial charge in [0.2, 0.25) is 0 Å². The quantitative estimate of drug-likeness (QED) is 0.940. The largest absolute Gasteiger partial charge is 0.375 e. The molecule has 2 heterocycles. The van der Waals surface area contributed by atoms with Gasteiger partial charge in [0, 0.05) is 44.2 Å². The molecule has 1 aliphatic rings. The minimum atomic E-state index is -0.0910.